The van der Waals surface area contributed by atoms with Crippen molar-refractivity contribution in [1.82, 2.24) is 0 Å². The van der Waals surface area contributed by atoms with Crippen LogP contribution in [0.1, 0.15) is 28.7 Å². The molecule has 1 aliphatic heterocycles. The zero-order chi connectivity index (χ0) is 16.6. The van der Waals surface area contributed by atoms with Gasteiger partial charge in [-0.25, -0.2) is 4.79 Å². The van der Waals surface area contributed by atoms with Gasteiger partial charge in [-0.3, -0.25) is 0 Å². The molecular formula is C18H13F3O2. The molecule has 0 aliphatic carbocycles. The molecule has 0 saturated carbocycles. The van der Waals surface area contributed by atoms with Crippen LogP contribution in [0.2, 0.25) is 0 Å². The predicted octanol–water partition coefficient (Wildman–Crippen LogP) is 4.64. The van der Waals surface area contributed by atoms with Crippen molar-refractivity contribution in [1.29, 1.82) is 0 Å². The molecule has 1 aliphatic rings. The molecule has 0 radical (unpaired) electrons. The summed E-state index contributed by atoms with van der Waals surface area (Å²) in [5.41, 5.74) is 0.874. The van der Waals surface area contributed by atoms with Gasteiger partial charge in [-0.2, -0.15) is 13.2 Å². The van der Waals surface area contributed by atoms with E-state index in [1.165, 1.54) is 12.1 Å². The molecule has 2 aromatic rings. The summed E-state index contributed by atoms with van der Waals surface area (Å²) in [6, 6.07) is 13.8. The minimum absolute atomic E-state index is 0.249. The van der Waals surface area contributed by atoms with E-state index in [9.17, 15) is 18.0 Å². The third-order valence-electron chi connectivity index (χ3n) is 3.90. The molecule has 0 unspecified atom stereocenters. The van der Waals surface area contributed by atoms with E-state index in [2.05, 4.69) is 6.58 Å². The van der Waals surface area contributed by atoms with E-state index >= 15 is 0 Å². The summed E-state index contributed by atoms with van der Waals surface area (Å²) < 4.78 is 43.4. The van der Waals surface area contributed by atoms with Crippen LogP contribution in [0.15, 0.2) is 66.7 Å². The number of hydrogen-bond acceptors (Lipinski definition) is 2. The number of cyclic esters (lactones) is 1. The highest BCUT2D eigenvalue weighted by Crippen LogP contribution is 2.45. The SMILES string of the molecule is C=C1C(=O)O[C@H](c2ccccc2)[C@@H]1c1ccc(C(F)(F)F)cc1. The summed E-state index contributed by atoms with van der Waals surface area (Å²) in [6.07, 6.45) is -4.97. The summed E-state index contributed by atoms with van der Waals surface area (Å²) in [4.78, 5) is 11.9. The van der Waals surface area contributed by atoms with Crippen LogP contribution in [0.25, 0.3) is 0 Å². The van der Waals surface area contributed by atoms with Crippen molar-refractivity contribution in [3.63, 3.8) is 0 Å². The number of carbonyl (C=O) groups is 1. The molecule has 0 bridgehead atoms. The highest BCUT2D eigenvalue weighted by molar-refractivity contribution is 5.92. The van der Waals surface area contributed by atoms with Gasteiger partial charge in [0, 0.05) is 5.57 Å². The fraction of sp³-hybridized carbons (Fsp3) is 0.167. The molecule has 2 atom stereocenters. The normalized spacial score (nSPS) is 21.3. The largest absolute Gasteiger partial charge is 0.453 e. The lowest BCUT2D eigenvalue weighted by Gasteiger charge is -2.19. The van der Waals surface area contributed by atoms with Gasteiger partial charge in [0.2, 0.25) is 0 Å². The van der Waals surface area contributed by atoms with Crippen LogP contribution in [0.5, 0.6) is 0 Å². The van der Waals surface area contributed by atoms with Gasteiger partial charge >= 0.3 is 12.1 Å². The van der Waals surface area contributed by atoms with E-state index in [4.69, 9.17) is 4.74 Å². The van der Waals surface area contributed by atoms with E-state index in [0.29, 0.717) is 5.56 Å². The Morgan fingerprint density at radius 2 is 1.52 bits per heavy atom. The fourth-order valence-corrected chi connectivity index (χ4v) is 2.73. The fourth-order valence-electron chi connectivity index (χ4n) is 2.73. The summed E-state index contributed by atoms with van der Waals surface area (Å²) in [7, 11) is 0. The first-order valence-corrected chi connectivity index (χ1v) is 7.00. The van der Waals surface area contributed by atoms with Gasteiger partial charge in [-0.05, 0) is 23.3 Å². The Morgan fingerprint density at radius 1 is 0.913 bits per heavy atom. The molecule has 0 amide bonds. The van der Waals surface area contributed by atoms with Gasteiger partial charge in [-0.1, -0.05) is 49.0 Å². The molecule has 0 spiro atoms. The molecule has 2 nitrogen and oxygen atoms in total. The van der Waals surface area contributed by atoms with Crippen LogP contribution in [-0.2, 0) is 15.7 Å². The van der Waals surface area contributed by atoms with Gasteiger partial charge in [-0.15, -0.1) is 0 Å². The van der Waals surface area contributed by atoms with Crippen LogP contribution in [-0.4, -0.2) is 5.97 Å². The highest BCUT2D eigenvalue weighted by atomic mass is 19.4. The van der Waals surface area contributed by atoms with E-state index in [0.717, 1.165) is 17.7 Å². The maximum atomic E-state index is 12.7. The number of halogens is 3. The van der Waals surface area contributed by atoms with Crippen molar-refractivity contribution in [3.05, 3.63) is 83.4 Å². The number of carbonyl (C=O) groups excluding carboxylic acids is 1. The lowest BCUT2D eigenvalue weighted by molar-refractivity contribution is -0.139. The summed E-state index contributed by atoms with van der Waals surface area (Å²) in [6.45, 7) is 3.74. The number of alkyl halides is 3. The summed E-state index contributed by atoms with van der Waals surface area (Å²) in [5.74, 6) is -1.02. The Labute approximate surface area is 131 Å². The van der Waals surface area contributed by atoms with Crippen LogP contribution >= 0.6 is 0 Å². The van der Waals surface area contributed by atoms with Crippen LogP contribution in [0, 0.1) is 0 Å². The Balaban J connectivity index is 1.98. The van der Waals surface area contributed by atoms with E-state index in [1.54, 1.807) is 0 Å². The lowest BCUT2D eigenvalue weighted by atomic mass is 9.86. The zero-order valence-electron chi connectivity index (χ0n) is 12.0. The van der Waals surface area contributed by atoms with Crippen LogP contribution in [0.3, 0.4) is 0 Å². The van der Waals surface area contributed by atoms with Gasteiger partial charge in [0.05, 0.1) is 11.5 Å². The van der Waals surface area contributed by atoms with E-state index in [1.807, 2.05) is 30.3 Å². The predicted molar refractivity (Wildman–Crippen MR) is 78.6 cm³/mol. The molecule has 0 N–H and O–H groups in total. The number of rotatable bonds is 2. The van der Waals surface area contributed by atoms with E-state index in [-0.39, 0.29) is 5.57 Å². The van der Waals surface area contributed by atoms with Gasteiger partial charge in [0.15, 0.2) is 0 Å². The molecule has 23 heavy (non-hydrogen) atoms. The van der Waals surface area contributed by atoms with Crippen LogP contribution in [0.4, 0.5) is 13.2 Å². The maximum Gasteiger partial charge on any atom is 0.416 e. The first-order valence-electron chi connectivity index (χ1n) is 7.00. The van der Waals surface area contributed by atoms with Crippen molar-refractivity contribution >= 4 is 5.97 Å². The maximum absolute atomic E-state index is 12.7. The van der Waals surface area contributed by atoms with Crippen molar-refractivity contribution in [3.8, 4) is 0 Å². The minimum atomic E-state index is -4.39. The second kappa shape index (κ2) is 5.57. The van der Waals surface area contributed by atoms with Crippen LogP contribution < -0.4 is 0 Å². The molecule has 1 heterocycles. The molecule has 3 rings (SSSR count). The van der Waals surface area contributed by atoms with Crippen molar-refractivity contribution in [2.24, 2.45) is 0 Å². The van der Waals surface area contributed by atoms with Gasteiger partial charge in [0.1, 0.15) is 6.10 Å². The number of esters is 1. The first kappa shape index (κ1) is 15.3. The third-order valence-corrected chi connectivity index (χ3v) is 3.90. The molecular weight excluding hydrogens is 305 g/mol. The van der Waals surface area contributed by atoms with Crippen molar-refractivity contribution in [2.45, 2.75) is 18.2 Å². The second-order valence-corrected chi connectivity index (χ2v) is 5.36. The number of ether oxygens (including phenoxy) is 1. The Hall–Kier alpha value is -2.56. The summed E-state index contributed by atoms with van der Waals surface area (Å²) in [5, 5.41) is 0. The minimum Gasteiger partial charge on any atom is -0.453 e. The quantitative estimate of drug-likeness (QED) is 0.595. The molecule has 1 fully saturated rings. The molecule has 2 aromatic carbocycles. The van der Waals surface area contributed by atoms with E-state index < -0.39 is 29.7 Å². The standard InChI is InChI=1S/C18H13F3O2/c1-11-15(12-7-9-14(10-8-12)18(19,20)21)16(23-17(11)22)13-5-3-2-4-6-13/h2-10,15-16H,1H2/t15-,16+/m0/s1. The molecule has 118 valence electrons. The first-order chi connectivity index (χ1) is 10.9. The molecule has 1 saturated heterocycles. The second-order valence-electron chi connectivity index (χ2n) is 5.36. The average molecular weight is 318 g/mol. The van der Waals surface area contributed by atoms with Gasteiger partial charge < -0.3 is 4.74 Å². The number of benzene rings is 2. The molecule has 0 aromatic heterocycles. The van der Waals surface area contributed by atoms with Gasteiger partial charge in [0.25, 0.3) is 0 Å². The van der Waals surface area contributed by atoms with Crippen molar-refractivity contribution in [2.75, 3.05) is 0 Å². The zero-order valence-corrected chi connectivity index (χ0v) is 12.0. The molecule has 5 heteroatoms. The highest BCUT2D eigenvalue weighted by Gasteiger charge is 2.41. The topological polar surface area (TPSA) is 26.3 Å². The number of hydrogen-bond donors (Lipinski definition) is 0. The monoisotopic (exact) mass is 318 g/mol. The average Bonchev–Trinajstić information content (AvgIpc) is 2.83. The smallest absolute Gasteiger partial charge is 0.416 e. The lowest BCUT2D eigenvalue weighted by Crippen LogP contribution is -2.09. The Morgan fingerprint density at radius 3 is 2.09 bits per heavy atom. The Kier molecular flexibility index (Phi) is 3.72. The van der Waals surface area contributed by atoms with Crippen molar-refractivity contribution < 1.29 is 22.7 Å². The third kappa shape index (κ3) is 2.86. The summed E-state index contributed by atoms with van der Waals surface area (Å²) >= 11 is 0. The Bertz CT molecular complexity index is 733.